The number of hydrogen-bond donors (Lipinski definition) is 1. The molecule has 0 bridgehead atoms. The Labute approximate surface area is 80.3 Å². The Morgan fingerprint density at radius 3 is 2.79 bits per heavy atom. The first-order valence-corrected chi connectivity index (χ1v) is 3.80. The summed E-state index contributed by atoms with van der Waals surface area (Å²) in [6.45, 7) is 0. The number of primary amides is 1. The lowest BCUT2D eigenvalue weighted by Crippen LogP contribution is -2.12. The molecule has 0 atom stereocenters. The lowest BCUT2D eigenvalue weighted by Gasteiger charge is -1.94. The van der Waals surface area contributed by atoms with E-state index >= 15 is 0 Å². The van der Waals surface area contributed by atoms with Gasteiger partial charge in [0.2, 0.25) is 0 Å². The van der Waals surface area contributed by atoms with E-state index in [-0.39, 0.29) is 5.57 Å². The van der Waals surface area contributed by atoms with Crippen molar-refractivity contribution in [2.24, 2.45) is 5.73 Å². The van der Waals surface area contributed by atoms with Gasteiger partial charge in [-0.2, -0.15) is 5.26 Å². The van der Waals surface area contributed by atoms with Gasteiger partial charge in [0.25, 0.3) is 5.91 Å². The zero-order valence-corrected chi connectivity index (χ0v) is 7.20. The second kappa shape index (κ2) is 4.19. The number of rotatable bonds is 2. The van der Waals surface area contributed by atoms with Crippen molar-refractivity contribution in [3.8, 4) is 6.07 Å². The Bertz CT molecular complexity index is 432. The van der Waals surface area contributed by atoms with Crippen molar-refractivity contribution in [3.05, 3.63) is 41.2 Å². The van der Waals surface area contributed by atoms with E-state index in [1.54, 1.807) is 12.1 Å². The molecule has 0 fully saturated rings. The summed E-state index contributed by atoms with van der Waals surface area (Å²) in [5.41, 5.74) is 5.14. The third kappa shape index (κ3) is 2.42. The van der Waals surface area contributed by atoms with Gasteiger partial charge < -0.3 is 5.73 Å². The molecule has 2 N–H and O–H groups in total. The molecular weight excluding hydrogens is 183 g/mol. The Morgan fingerprint density at radius 2 is 2.29 bits per heavy atom. The van der Waals surface area contributed by atoms with Crippen LogP contribution in [0.4, 0.5) is 4.39 Å². The van der Waals surface area contributed by atoms with Gasteiger partial charge in [-0.15, -0.1) is 0 Å². The predicted octanol–water partition coefficient (Wildman–Crippen LogP) is 1.22. The summed E-state index contributed by atoms with van der Waals surface area (Å²) in [7, 11) is 0. The third-order valence-electron chi connectivity index (χ3n) is 1.55. The van der Waals surface area contributed by atoms with Crippen LogP contribution in [-0.2, 0) is 4.79 Å². The summed E-state index contributed by atoms with van der Waals surface area (Å²) in [5, 5.41) is 8.51. The molecule has 0 saturated carbocycles. The van der Waals surface area contributed by atoms with E-state index < -0.39 is 11.7 Å². The van der Waals surface area contributed by atoms with Crippen molar-refractivity contribution in [2.75, 3.05) is 0 Å². The monoisotopic (exact) mass is 190 g/mol. The first kappa shape index (κ1) is 9.93. The number of carbonyl (C=O) groups excluding carboxylic acids is 1. The molecule has 0 aliphatic heterocycles. The average molecular weight is 190 g/mol. The average Bonchev–Trinajstić information content (AvgIpc) is 2.14. The fourth-order valence-electron chi connectivity index (χ4n) is 0.922. The highest BCUT2D eigenvalue weighted by Crippen LogP contribution is 2.08. The number of benzene rings is 1. The Morgan fingerprint density at radius 1 is 1.57 bits per heavy atom. The van der Waals surface area contributed by atoms with E-state index in [2.05, 4.69) is 0 Å². The van der Waals surface area contributed by atoms with Gasteiger partial charge in [0.1, 0.15) is 17.5 Å². The van der Waals surface area contributed by atoms with E-state index in [1.165, 1.54) is 24.3 Å². The van der Waals surface area contributed by atoms with E-state index in [1.807, 2.05) is 0 Å². The molecule has 0 unspecified atom stereocenters. The number of carbonyl (C=O) groups is 1. The summed E-state index contributed by atoms with van der Waals surface area (Å²) < 4.78 is 12.7. The molecule has 0 aliphatic rings. The van der Waals surface area contributed by atoms with E-state index in [4.69, 9.17) is 11.0 Å². The van der Waals surface area contributed by atoms with Crippen LogP contribution in [0.2, 0.25) is 0 Å². The van der Waals surface area contributed by atoms with Gasteiger partial charge >= 0.3 is 0 Å². The molecule has 1 aromatic carbocycles. The van der Waals surface area contributed by atoms with Crippen LogP contribution in [-0.4, -0.2) is 5.91 Å². The first-order chi connectivity index (χ1) is 6.63. The summed E-state index contributed by atoms with van der Waals surface area (Å²) in [5.74, 6) is -1.25. The maximum Gasteiger partial charge on any atom is 0.259 e. The normalized spacial score (nSPS) is 10.7. The van der Waals surface area contributed by atoms with Gasteiger partial charge in [-0.05, 0) is 23.8 Å². The molecule has 14 heavy (non-hydrogen) atoms. The Kier molecular flexibility index (Phi) is 2.97. The van der Waals surface area contributed by atoms with Gasteiger partial charge in [0, 0.05) is 0 Å². The second-order valence-corrected chi connectivity index (χ2v) is 2.59. The van der Waals surface area contributed by atoms with Gasteiger partial charge in [0.05, 0.1) is 0 Å². The number of hydrogen-bond acceptors (Lipinski definition) is 2. The van der Waals surface area contributed by atoms with Crippen LogP contribution in [0.3, 0.4) is 0 Å². The molecule has 1 amide bonds. The third-order valence-corrected chi connectivity index (χ3v) is 1.55. The number of amides is 1. The quantitative estimate of drug-likeness (QED) is 0.562. The van der Waals surface area contributed by atoms with Crippen molar-refractivity contribution >= 4 is 12.0 Å². The molecule has 0 heterocycles. The fourth-order valence-corrected chi connectivity index (χ4v) is 0.922. The molecule has 70 valence electrons. The van der Waals surface area contributed by atoms with Gasteiger partial charge in [-0.1, -0.05) is 12.1 Å². The minimum atomic E-state index is -0.822. The molecule has 1 aromatic rings. The number of halogens is 1. The van der Waals surface area contributed by atoms with E-state index in [0.717, 1.165) is 0 Å². The molecule has 0 spiro atoms. The Hall–Kier alpha value is -2.15. The van der Waals surface area contributed by atoms with Gasteiger partial charge in [-0.25, -0.2) is 4.39 Å². The van der Waals surface area contributed by atoms with Crippen molar-refractivity contribution < 1.29 is 9.18 Å². The summed E-state index contributed by atoms with van der Waals surface area (Å²) in [6, 6.07) is 7.17. The van der Waals surface area contributed by atoms with Crippen LogP contribution >= 0.6 is 0 Å². The number of nitrogens with zero attached hydrogens (tertiary/aromatic N) is 1. The molecule has 0 aliphatic carbocycles. The predicted molar refractivity (Wildman–Crippen MR) is 49.2 cm³/mol. The molecule has 0 aromatic heterocycles. The van der Waals surface area contributed by atoms with Crippen LogP contribution in [0.5, 0.6) is 0 Å². The molecule has 1 rings (SSSR count). The van der Waals surface area contributed by atoms with Gasteiger partial charge in [-0.3, -0.25) is 4.79 Å². The smallest absolute Gasteiger partial charge is 0.259 e. The topological polar surface area (TPSA) is 66.9 Å². The Balaban J connectivity index is 3.08. The molecule has 3 nitrogen and oxygen atoms in total. The number of nitrogens with two attached hydrogens (primary N) is 1. The summed E-state index contributed by atoms with van der Waals surface area (Å²) >= 11 is 0. The van der Waals surface area contributed by atoms with Crippen molar-refractivity contribution in [1.82, 2.24) is 0 Å². The first-order valence-electron chi connectivity index (χ1n) is 3.80. The van der Waals surface area contributed by atoms with Crippen LogP contribution in [0.1, 0.15) is 5.56 Å². The van der Waals surface area contributed by atoms with Crippen LogP contribution < -0.4 is 5.73 Å². The zero-order chi connectivity index (χ0) is 10.6. The molecule has 0 radical (unpaired) electrons. The second-order valence-electron chi connectivity index (χ2n) is 2.59. The summed E-state index contributed by atoms with van der Waals surface area (Å²) in [6.07, 6.45) is 1.24. The van der Waals surface area contributed by atoms with Gasteiger partial charge in [0.15, 0.2) is 0 Å². The highest BCUT2D eigenvalue weighted by molar-refractivity contribution is 6.00. The maximum absolute atomic E-state index is 12.7. The lowest BCUT2D eigenvalue weighted by atomic mass is 10.1. The van der Waals surface area contributed by atoms with Crippen LogP contribution in [0.15, 0.2) is 29.8 Å². The molecule has 4 heteroatoms. The SMILES string of the molecule is N#C/C(=C\c1cccc(F)c1)C(N)=O. The highest BCUT2D eigenvalue weighted by Gasteiger charge is 2.02. The maximum atomic E-state index is 12.7. The molecular formula is C10H7FN2O. The zero-order valence-electron chi connectivity index (χ0n) is 7.20. The standard InChI is InChI=1S/C10H7FN2O/c11-9-3-1-2-7(5-9)4-8(6-12)10(13)14/h1-5H,(H2,13,14)/b8-4+. The lowest BCUT2D eigenvalue weighted by molar-refractivity contribution is -0.114. The van der Waals surface area contributed by atoms with Crippen molar-refractivity contribution in [2.45, 2.75) is 0 Å². The van der Waals surface area contributed by atoms with E-state index in [9.17, 15) is 9.18 Å². The minimum absolute atomic E-state index is 0.199. The van der Waals surface area contributed by atoms with Crippen LogP contribution in [0.25, 0.3) is 6.08 Å². The van der Waals surface area contributed by atoms with Crippen LogP contribution in [0, 0.1) is 17.1 Å². The number of nitriles is 1. The van der Waals surface area contributed by atoms with Crippen molar-refractivity contribution in [1.29, 1.82) is 5.26 Å². The molecule has 0 saturated heterocycles. The fraction of sp³-hybridized carbons (Fsp3) is 0. The van der Waals surface area contributed by atoms with Crippen molar-refractivity contribution in [3.63, 3.8) is 0 Å². The largest absolute Gasteiger partial charge is 0.365 e. The van der Waals surface area contributed by atoms with E-state index in [0.29, 0.717) is 5.56 Å². The minimum Gasteiger partial charge on any atom is -0.365 e. The highest BCUT2D eigenvalue weighted by atomic mass is 19.1. The summed E-state index contributed by atoms with van der Waals surface area (Å²) in [4.78, 5) is 10.7.